The number of para-hydroxylation sites is 1. The third-order valence-electron chi connectivity index (χ3n) is 10.2. The maximum absolute atomic E-state index is 6.57. The Labute approximate surface area is 292 Å². The standard InChI is InChI=1S/C47H28N2O2/c1-3-11-31(12-4-1)47-48-45-39-16-9-17-41-43(39)44-40(46(45)51-47)27-33(28-42(44)50-41)29-20-22-35(23-21-29)49(34-13-5-2-6-14-34)36-24-25-38-32(26-36)19-18-30-10-7-8-15-37(30)38/h1-28H. The molecule has 4 heteroatoms. The van der Waals surface area contributed by atoms with E-state index in [9.17, 15) is 0 Å². The zero-order valence-corrected chi connectivity index (χ0v) is 27.4. The second-order valence-electron chi connectivity index (χ2n) is 13.2. The molecule has 11 aromatic rings. The molecule has 0 bridgehead atoms. The monoisotopic (exact) mass is 652 g/mol. The second-order valence-corrected chi connectivity index (χ2v) is 13.2. The smallest absolute Gasteiger partial charge is 0.227 e. The summed E-state index contributed by atoms with van der Waals surface area (Å²) in [4.78, 5) is 7.34. The highest BCUT2D eigenvalue weighted by atomic mass is 16.3. The van der Waals surface area contributed by atoms with Gasteiger partial charge in [0.25, 0.3) is 0 Å². The molecule has 0 aliphatic heterocycles. The predicted octanol–water partition coefficient (Wildman–Crippen LogP) is 13.4. The first-order chi connectivity index (χ1) is 25.3. The molecule has 0 spiro atoms. The first kappa shape index (κ1) is 28.0. The van der Waals surface area contributed by atoms with E-state index in [4.69, 9.17) is 13.8 Å². The maximum Gasteiger partial charge on any atom is 0.227 e. The molecule has 2 aromatic heterocycles. The van der Waals surface area contributed by atoms with E-state index in [-0.39, 0.29) is 0 Å². The van der Waals surface area contributed by atoms with Crippen LogP contribution in [-0.4, -0.2) is 4.98 Å². The molecule has 51 heavy (non-hydrogen) atoms. The summed E-state index contributed by atoms with van der Waals surface area (Å²) in [5.74, 6) is 0.616. The minimum Gasteiger partial charge on any atom is -0.456 e. The first-order valence-electron chi connectivity index (χ1n) is 17.2. The van der Waals surface area contributed by atoms with Crippen molar-refractivity contribution in [3.63, 3.8) is 0 Å². The van der Waals surface area contributed by atoms with E-state index >= 15 is 0 Å². The lowest BCUT2D eigenvalue weighted by atomic mass is 9.96. The molecule has 0 atom stereocenters. The Bertz CT molecular complexity index is 3070. The van der Waals surface area contributed by atoms with Crippen molar-refractivity contribution in [3.8, 4) is 22.6 Å². The number of benzene rings is 9. The lowest BCUT2D eigenvalue weighted by Gasteiger charge is -2.26. The molecule has 9 aromatic carbocycles. The SMILES string of the molecule is c1ccc(-c2nc3c4cccc5oc6cc(-c7ccc(N(c8ccccc8)c8ccc9c(ccc%10ccccc%109)c8)cc7)cc(c3o2)c6c54)cc1. The van der Waals surface area contributed by atoms with Crippen LogP contribution in [0.25, 0.3) is 87.9 Å². The minimum absolute atomic E-state index is 0.616. The molecule has 0 amide bonds. The normalized spacial score (nSPS) is 11.9. The fourth-order valence-electron chi connectivity index (χ4n) is 7.85. The maximum atomic E-state index is 6.57. The Kier molecular flexibility index (Phi) is 5.92. The zero-order chi connectivity index (χ0) is 33.5. The summed E-state index contributed by atoms with van der Waals surface area (Å²) in [5.41, 5.74) is 9.70. The number of anilines is 3. The molecule has 0 N–H and O–H groups in total. The van der Waals surface area contributed by atoms with Gasteiger partial charge in [0, 0.05) is 44.2 Å². The zero-order valence-electron chi connectivity index (χ0n) is 27.4. The van der Waals surface area contributed by atoms with Crippen molar-refractivity contribution in [3.05, 3.63) is 170 Å². The Morgan fingerprint density at radius 2 is 1.08 bits per heavy atom. The number of furan rings is 1. The first-order valence-corrected chi connectivity index (χ1v) is 17.2. The molecule has 0 saturated heterocycles. The summed E-state index contributed by atoms with van der Waals surface area (Å²) >= 11 is 0. The molecular weight excluding hydrogens is 625 g/mol. The summed E-state index contributed by atoms with van der Waals surface area (Å²) in [7, 11) is 0. The van der Waals surface area contributed by atoms with Gasteiger partial charge in [-0.05, 0) is 99.4 Å². The molecule has 2 heterocycles. The van der Waals surface area contributed by atoms with Gasteiger partial charge >= 0.3 is 0 Å². The van der Waals surface area contributed by atoms with Crippen molar-refractivity contribution in [1.82, 2.24) is 4.98 Å². The van der Waals surface area contributed by atoms with Gasteiger partial charge in [0.15, 0.2) is 5.58 Å². The minimum atomic E-state index is 0.616. The van der Waals surface area contributed by atoms with Gasteiger partial charge in [-0.15, -0.1) is 0 Å². The summed E-state index contributed by atoms with van der Waals surface area (Å²) in [6.07, 6.45) is 0. The average Bonchev–Trinajstić information content (AvgIpc) is 3.82. The molecule has 0 aliphatic rings. The summed E-state index contributed by atoms with van der Waals surface area (Å²) in [5, 5.41) is 9.19. The van der Waals surface area contributed by atoms with E-state index in [0.717, 1.165) is 77.6 Å². The highest BCUT2D eigenvalue weighted by molar-refractivity contribution is 6.32. The van der Waals surface area contributed by atoms with Crippen LogP contribution in [0.2, 0.25) is 0 Å². The van der Waals surface area contributed by atoms with Crippen LogP contribution in [0.5, 0.6) is 0 Å². The Morgan fingerprint density at radius 1 is 0.392 bits per heavy atom. The topological polar surface area (TPSA) is 42.4 Å². The van der Waals surface area contributed by atoms with Crippen LogP contribution in [0, 0.1) is 0 Å². The summed E-state index contributed by atoms with van der Waals surface area (Å²) < 4.78 is 13.1. The summed E-state index contributed by atoms with van der Waals surface area (Å²) in [6.45, 7) is 0. The second kappa shape index (κ2) is 10.8. The van der Waals surface area contributed by atoms with Crippen LogP contribution >= 0.6 is 0 Å². The van der Waals surface area contributed by atoms with Crippen molar-refractivity contribution >= 4 is 82.4 Å². The molecule has 0 aliphatic carbocycles. The molecule has 0 unspecified atom stereocenters. The van der Waals surface area contributed by atoms with Crippen molar-refractivity contribution in [2.75, 3.05) is 4.90 Å². The van der Waals surface area contributed by atoms with Gasteiger partial charge in [-0.2, -0.15) is 0 Å². The van der Waals surface area contributed by atoms with E-state index in [1.165, 1.54) is 21.5 Å². The molecule has 4 nitrogen and oxygen atoms in total. The van der Waals surface area contributed by atoms with Crippen LogP contribution in [-0.2, 0) is 0 Å². The molecule has 238 valence electrons. The fraction of sp³-hybridized carbons (Fsp3) is 0. The average molecular weight is 653 g/mol. The van der Waals surface area contributed by atoms with Crippen LogP contribution in [0.3, 0.4) is 0 Å². The van der Waals surface area contributed by atoms with Gasteiger partial charge in [-0.3, -0.25) is 0 Å². The Hall–Kier alpha value is -6.91. The van der Waals surface area contributed by atoms with Crippen LogP contribution in [0.15, 0.2) is 179 Å². The number of nitrogens with zero attached hydrogens (tertiary/aromatic N) is 2. The van der Waals surface area contributed by atoms with Gasteiger partial charge < -0.3 is 13.7 Å². The third kappa shape index (κ3) is 4.30. The van der Waals surface area contributed by atoms with Crippen LogP contribution in [0.4, 0.5) is 17.1 Å². The lowest BCUT2D eigenvalue weighted by Crippen LogP contribution is -2.09. The largest absolute Gasteiger partial charge is 0.456 e. The van der Waals surface area contributed by atoms with E-state index in [2.05, 4.69) is 132 Å². The fourth-order valence-corrected chi connectivity index (χ4v) is 7.85. The molecule has 0 fully saturated rings. The van der Waals surface area contributed by atoms with Gasteiger partial charge in [0.1, 0.15) is 16.7 Å². The van der Waals surface area contributed by atoms with E-state index in [1.807, 2.05) is 42.5 Å². The van der Waals surface area contributed by atoms with Gasteiger partial charge in [0.05, 0.1) is 0 Å². The summed E-state index contributed by atoms with van der Waals surface area (Å²) in [6, 6.07) is 59.8. The van der Waals surface area contributed by atoms with Gasteiger partial charge in [0.2, 0.25) is 5.89 Å². The van der Waals surface area contributed by atoms with Gasteiger partial charge in [-0.1, -0.05) is 103 Å². The quantitative estimate of drug-likeness (QED) is 0.174. The molecule has 0 radical (unpaired) electrons. The number of rotatable bonds is 5. The van der Waals surface area contributed by atoms with Crippen LogP contribution < -0.4 is 4.90 Å². The van der Waals surface area contributed by atoms with Crippen molar-refractivity contribution < 1.29 is 8.83 Å². The molecular formula is C47H28N2O2. The third-order valence-corrected chi connectivity index (χ3v) is 10.2. The van der Waals surface area contributed by atoms with E-state index < -0.39 is 0 Å². The Balaban J connectivity index is 1.06. The molecule has 11 rings (SSSR count). The highest BCUT2D eigenvalue weighted by Gasteiger charge is 2.23. The van der Waals surface area contributed by atoms with Crippen molar-refractivity contribution in [2.24, 2.45) is 0 Å². The van der Waals surface area contributed by atoms with E-state index in [1.54, 1.807) is 0 Å². The van der Waals surface area contributed by atoms with Crippen molar-refractivity contribution in [2.45, 2.75) is 0 Å². The van der Waals surface area contributed by atoms with Crippen molar-refractivity contribution in [1.29, 1.82) is 0 Å². The number of hydrogen-bond acceptors (Lipinski definition) is 4. The number of aromatic nitrogens is 1. The number of oxazole rings is 1. The molecule has 0 saturated carbocycles. The highest BCUT2D eigenvalue weighted by Crippen LogP contribution is 2.45. The number of fused-ring (bicyclic) bond motifs is 6. The lowest BCUT2D eigenvalue weighted by molar-refractivity contribution is 0.623. The number of hydrogen-bond donors (Lipinski definition) is 0. The predicted molar refractivity (Wildman–Crippen MR) is 211 cm³/mol. The van der Waals surface area contributed by atoms with E-state index in [0.29, 0.717) is 5.89 Å². The van der Waals surface area contributed by atoms with Gasteiger partial charge in [-0.25, -0.2) is 4.98 Å². The van der Waals surface area contributed by atoms with Crippen LogP contribution in [0.1, 0.15) is 0 Å². The Morgan fingerprint density at radius 3 is 1.94 bits per heavy atom.